The smallest absolute Gasteiger partial charge is 0.132 e. The number of aliphatic hydroxyl groups excluding tert-OH is 1. The fraction of sp³-hybridized carbons (Fsp3) is 0.571. The molecule has 1 N–H and O–H groups in total. The summed E-state index contributed by atoms with van der Waals surface area (Å²) < 4.78 is 19.6. The molecule has 17 heavy (non-hydrogen) atoms. The second kappa shape index (κ2) is 5.50. The fourth-order valence-electron chi connectivity index (χ4n) is 1.52. The molecule has 0 aliphatic carbocycles. The van der Waals surface area contributed by atoms with Crippen molar-refractivity contribution in [1.82, 2.24) is 0 Å². The standard InChI is InChI=1S/C14H21FO2/c1-10(2)17-12-7-5-11(6-8-12)13(15)14(3,4)9-16/h5-8,10,13,16H,9H2,1-4H3. The molecule has 0 spiro atoms. The summed E-state index contributed by atoms with van der Waals surface area (Å²) in [6, 6.07) is 6.93. The summed E-state index contributed by atoms with van der Waals surface area (Å²) in [4.78, 5) is 0. The first kappa shape index (κ1) is 14.0. The number of aliphatic hydroxyl groups is 1. The van der Waals surface area contributed by atoms with Crippen LogP contribution in [-0.4, -0.2) is 17.8 Å². The van der Waals surface area contributed by atoms with Gasteiger partial charge in [0.15, 0.2) is 0 Å². The lowest BCUT2D eigenvalue weighted by Crippen LogP contribution is -2.23. The normalized spacial score (nSPS) is 13.8. The molecule has 0 saturated heterocycles. The highest BCUT2D eigenvalue weighted by Gasteiger charge is 2.30. The molecule has 3 heteroatoms. The van der Waals surface area contributed by atoms with E-state index >= 15 is 0 Å². The van der Waals surface area contributed by atoms with Gasteiger partial charge in [-0.3, -0.25) is 0 Å². The van der Waals surface area contributed by atoms with Crippen LogP contribution in [0, 0.1) is 5.41 Å². The molecule has 1 aromatic rings. The molecule has 1 rings (SSSR count). The molecular formula is C14H21FO2. The van der Waals surface area contributed by atoms with E-state index in [1.807, 2.05) is 13.8 Å². The highest BCUT2D eigenvalue weighted by atomic mass is 19.1. The van der Waals surface area contributed by atoms with E-state index in [-0.39, 0.29) is 12.7 Å². The number of hydrogen-bond donors (Lipinski definition) is 1. The van der Waals surface area contributed by atoms with Gasteiger partial charge in [0, 0.05) is 5.41 Å². The first-order chi connectivity index (χ1) is 7.86. The molecular weight excluding hydrogens is 219 g/mol. The fourth-order valence-corrected chi connectivity index (χ4v) is 1.52. The minimum absolute atomic E-state index is 0.107. The van der Waals surface area contributed by atoms with Crippen LogP contribution in [0.2, 0.25) is 0 Å². The Kier molecular flexibility index (Phi) is 4.52. The van der Waals surface area contributed by atoms with Crippen molar-refractivity contribution in [3.8, 4) is 5.75 Å². The molecule has 0 bridgehead atoms. The lowest BCUT2D eigenvalue weighted by molar-refractivity contribution is 0.0664. The Bertz CT molecular complexity index is 344. The monoisotopic (exact) mass is 240 g/mol. The van der Waals surface area contributed by atoms with Crippen molar-refractivity contribution in [2.75, 3.05) is 6.61 Å². The zero-order valence-corrected chi connectivity index (χ0v) is 10.9. The van der Waals surface area contributed by atoms with Crippen LogP contribution in [0.5, 0.6) is 5.75 Å². The van der Waals surface area contributed by atoms with Gasteiger partial charge < -0.3 is 9.84 Å². The Morgan fingerprint density at radius 3 is 2.18 bits per heavy atom. The molecule has 0 aromatic heterocycles. The Labute approximate surface area is 102 Å². The second-order valence-corrected chi connectivity index (χ2v) is 5.24. The molecule has 0 fully saturated rings. The van der Waals surface area contributed by atoms with E-state index in [2.05, 4.69) is 0 Å². The number of alkyl halides is 1. The third kappa shape index (κ3) is 3.70. The van der Waals surface area contributed by atoms with Gasteiger partial charge in [-0.05, 0) is 31.5 Å². The van der Waals surface area contributed by atoms with Crippen molar-refractivity contribution in [3.05, 3.63) is 29.8 Å². The number of halogens is 1. The predicted molar refractivity (Wildman–Crippen MR) is 66.9 cm³/mol. The van der Waals surface area contributed by atoms with E-state index in [4.69, 9.17) is 9.84 Å². The number of rotatable bonds is 5. The van der Waals surface area contributed by atoms with Gasteiger partial charge in [0.25, 0.3) is 0 Å². The highest BCUT2D eigenvalue weighted by Crippen LogP contribution is 2.36. The Hall–Kier alpha value is -1.09. The summed E-state index contributed by atoms with van der Waals surface area (Å²) in [5.74, 6) is 0.734. The number of ether oxygens (including phenoxy) is 1. The van der Waals surface area contributed by atoms with Gasteiger partial charge in [-0.2, -0.15) is 0 Å². The van der Waals surface area contributed by atoms with Gasteiger partial charge in [-0.15, -0.1) is 0 Å². The molecule has 2 nitrogen and oxygen atoms in total. The third-order valence-electron chi connectivity index (χ3n) is 2.64. The summed E-state index contributed by atoms with van der Waals surface area (Å²) in [7, 11) is 0. The minimum atomic E-state index is -1.18. The molecule has 1 aromatic carbocycles. The van der Waals surface area contributed by atoms with Gasteiger partial charge in [-0.1, -0.05) is 26.0 Å². The average Bonchev–Trinajstić information content (AvgIpc) is 2.28. The van der Waals surface area contributed by atoms with Gasteiger partial charge in [0.2, 0.25) is 0 Å². The maximum absolute atomic E-state index is 14.1. The SMILES string of the molecule is CC(C)Oc1ccc(C(F)C(C)(C)CO)cc1. The molecule has 0 saturated carbocycles. The maximum atomic E-state index is 14.1. The first-order valence-electron chi connectivity index (χ1n) is 5.88. The van der Waals surface area contributed by atoms with E-state index in [0.29, 0.717) is 5.56 Å². The molecule has 0 radical (unpaired) electrons. The van der Waals surface area contributed by atoms with Gasteiger partial charge >= 0.3 is 0 Å². The zero-order chi connectivity index (χ0) is 13.1. The summed E-state index contributed by atoms with van der Waals surface area (Å²) in [5, 5.41) is 9.13. The molecule has 1 atom stereocenters. The Morgan fingerprint density at radius 1 is 1.24 bits per heavy atom. The van der Waals surface area contributed by atoms with Crippen LogP contribution in [0.25, 0.3) is 0 Å². The predicted octanol–water partition coefficient (Wildman–Crippen LogP) is 3.50. The van der Waals surface area contributed by atoms with E-state index in [1.165, 1.54) is 0 Å². The van der Waals surface area contributed by atoms with Crippen LogP contribution in [0.3, 0.4) is 0 Å². The van der Waals surface area contributed by atoms with Crippen molar-refractivity contribution in [1.29, 1.82) is 0 Å². The van der Waals surface area contributed by atoms with Crippen LogP contribution in [0.4, 0.5) is 4.39 Å². The molecule has 1 unspecified atom stereocenters. The van der Waals surface area contributed by atoms with Crippen LogP contribution in [-0.2, 0) is 0 Å². The van der Waals surface area contributed by atoms with Crippen molar-refractivity contribution < 1.29 is 14.2 Å². The summed E-state index contributed by atoms with van der Waals surface area (Å²) in [5.41, 5.74) is -0.194. The summed E-state index contributed by atoms with van der Waals surface area (Å²) in [6.07, 6.45) is -1.07. The second-order valence-electron chi connectivity index (χ2n) is 5.24. The van der Waals surface area contributed by atoms with E-state index < -0.39 is 11.6 Å². The number of benzene rings is 1. The minimum Gasteiger partial charge on any atom is -0.491 e. The Balaban J connectivity index is 2.80. The third-order valence-corrected chi connectivity index (χ3v) is 2.64. The molecule has 0 heterocycles. The molecule has 96 valence electrons. The van der Waals surface area contributed by atoms with Crippen LogP contribution < -0.4 is 4.74 Å². The van der Waals surface area contributed by atoms with Crippen molar-refractivity contribution in [3.63, 3.8) is 0 Å². The quantitative estimate of drug-likeness (QED) is 0.853. The van der Waals surface area contributed by atoms with Gasteiger partial charge in [0.1, 0.15) is 11.9 Å². The highest BCUT2D eigenvalue weighted by molar-refractivity contribution is 5.29. The van der Waals surface area contributed by atoms with Crippen LogP contribution >= 0.6 is 0 Å². The van der Waals surface area contributed by atoms with Gasteiger partial charge in [0.05, 0.1) is 12.7 Å². The lowest BCUT2D eigenvalue weighted by atomic mass is 9.84. The van der Waals surface area contributed by atoms with Crippen molar-refractivity contribution >= 4 is 0 Å². The van der Waals surface area contributed by atoms with Gasteiger partial charge in [-0.25, -0.2) is 4.39 Å². The largest absolute Gasteiger partial charge is 0.491 e. The summed E-state index contributed by atoms with van der Waals surface area (Å²) in [6.45, 7) is 7.12. The lowest BCUT2D eigenvalue weighted by Gasteiger charge is -2.26. The molecule has 0 aliphatic heterocycles. The summed E-state index contributed by atoms with van der Waals surface area (Å²) >= 11 is 0. The molecule has 0 aliphatic rings. The van der Waals surface area contributed by atoms with Crippen LogP contribution in [0.1, 0.15) is 39.4 Å². The molecule has 0 amide bonds. The number of hydrogen-bond acceptors (Lipinski definition) is 2. The zero-order valence-electron chi connectivity index (χ0n) is 10.9. The van der Waals surface area contributed by atoms with Crippen molar-refractivity contribution in [2.45, 2.75) is 40.0 Å². The first-order valence-corrected chi connectivity index (χ1v) is 5.88. The van der Waals surface area contributed by atoms with E-state index in [1.54, 1.807) is 38.1 Å². The maximum Gasteiger partial charge on any atom is 0.132 e. The van der Waals surface area contributed by atoms with E-state index in [0.717, 1.165) is 5.75 Å². The average molecular weight is 240 g/mol. The van der Waals surface area contributed by atoms with Crippen LogP contribution in [0.15, 0.2) is 24.3 Å². The Morgan fingerprint density at radius 2 is 1.76 bits per heavy atom. The van der Waals surface area contributed by atoms with E-state index in [9.17, 15) is 4.39 Å². The topological polar surface area (TPSA) is 29.5 Å². The van der Waals surface area contributed by atoms with Crippen molar-refractivity contribution in [2.24, 2.45) is 5.41 Å².